The highest BCUT2D eigenvalue weighted by Gasteiger charge is 2.20. The van der Waals surface area contributed by atoms with E-state index in [1.807, 2.05) is 0 Å². The Labute approximate surface area is 191 Å². The summed E-state index contributed by atoms with van der Waals surface area (Å²) in [6, 6.07) is 18.3. The van der Waals surface area contributed by atoms with Gasteiger partial charge in [0.15, 0.2) is 0 Å². The van der Waals surface area contributed by atoms with E-state index in [9.17, 15) is 0 Å². The zero-order valence-corrected chi connectivity index (χ0v) is 19.7. The van der Waals surface area contributed by atoms with Crippen LogP contribution in [0.4, 0.5) is 0 Å². The highest BCUT2D eigenvalue weighted by atomic mass is 14.3. The summed E-state index contributed by atoms with van der Waals surface area (Å²) >= 11 is 0. The van der Waals surface area contributed by atoms with Crippen LogP contribution in [0.3, 0.4) is 0 Å². The van der Waals surface area contributed by atoms with Gasteiger partial charge in [-0.15, -0.1) is 0 Å². The predicted molar refractivity (Wildman–Crippen MR) is 135 cm³/mol. The molecular weight excluding hydrogens is 372 g/mol. The number of hydrogen-bond acceptors (Lipinski definition) is 0. The van der Waals surface area contributed by atoms with E-state index in [0.717, 1.165) is 11.5 Å². The highest BCUT2D eigenvalue weighted by molar-refractivity contribution is 5.38. The molecule has 0 spiro atoms. The van der Waals surface area contributed by atoms with Gasteiger partial charge in [0.05, 0.1) is 0 Å². The van der Waals surface area contributed by atoms with Crippen molar-refractivity contribution in [2.75, 3.05) is 0 Å². The fraction of sp³-hybridized carbons (Fsp3) is 0.484. The van der Waals surface area contributed by atoms with Gasteiger partial charge in [0.2, 0.25) is 0 Å². The van der Waals surface area contributed by atoms with E-state index in [0.29, 0.717) is 5.92 Å². The van der Waals surface area contributed by atoms with Gasteiger partial charge in [0.1, 0.15) is 0 Å². The fourth-order valence-corrected chi connectivity index (χ4v) is 4.63. The van der Waals surface area contributed by atoms with Gasteiger partial charge < -0.3 is 0 Å². The first-order chi connectivity index (χ1) is 15.3. The average molecular weight is 413 g/mol. The normalized spacial score (nSPS) is 18.6. The Morgan fingerprint density at radius 2 is 1.35 bits per heavy atom. The summed E-state index contributed by atoms with van der Waals surface area (Å²) in [5, 5.41) is 0. The van der Waals surface area contributed by atoms with E-state index >= 15 is 0 Å². The van der Waals surface area contributed by atoms with Crippen LogP contribution < -0.4 is 0 Å². The topological polar surface area (TPSA) is 0 Å². The van der Waals surface area contributed by atoms with E-state index in [1.165, 1.54) is 81.8 Å². The summed E-state index contributed by atoms with van der Waals surface area (Å²) < 4.78 is 0. The van der Waals surface area contributed by atoms with E-state index in [2.05, 4.69) is 86.4 Å². The van der Waals surface area contributed by atoms with Gasteiger partial charge in [-0.2, -0.15) is 0 Å². The van der Waals surface area contributed by atoms with E-state index in [-0.39, 0.29) is 0 Å². The van der Waals surface area contributed by atoms with Gasteiger partial charge >= 0.3 is 0 Å². The lowest BCUT2D eigenvalue weighted by Gasteiger charge is -2.27. The van der Waals surface area contributed by atoms with Crippen LogP contribution in [0, 0.1) is 17.8 Å². The molecule has 0 bridgehead atoms. The lowest BCUT2D eigenvalue weighted by atomic mass is 9.78. The third-order valence-corrected chi connectivity index (χ3v) is 6.73. The predicted octanol–water partition coefficient (Wildman–Crippen LogP) is 8.64. The minimum absolute atomic E-state index is 0.690. The van der Waals surface area contributed by atoms with Crippen molar-refractivity contribution in [2.24, 2.45) is 5.92 Å². The maximum Gasteiger partial charge on any atom is 0.0249 e. The summed E-state index contributed by atoms with van der Waals surface area (Å²) in [5.41, 5.74) is 5.59. The van der Waals surface area contributed by atoms with Crippen LogP contribution >= 0.6 is 0 Å². The Balaban J connectivity index is 1.42. The molecule has 0 saturated heterocycles. The molecule has 0 N–H and O–H groups in total. The molecule has 2 aromatic carbocycles. The van der Waals surface area contributed by atoms with Crippen molar-refractivity contribution in [1.29, 1.82) is 0 Å². The van der Waals surface area contributed by atoms with Crippen LogP contribution in [-0.2, 0) is 12.8 Å². The molecule has 0 radical (unpaired) electrons. The number of unbranched alkanes of at least 4 members (excludes halogenated alkanes) is 3. The fourth-order valence-electron chi connectivity index (χ4n) is 4.63. The highest BCUT2D eigenvalue weighted by Crippen LogP contribution is 2.36. The zero-order chi connectivity index (χ0) is 21.7. The quantitative estimate of drug-likeness (QED) is 0.285. The first kappa shape index (κ1) is 23.4. The smallest absolute Gasteiger partial charge is 0.0249 e. The molecule has 0 aliphatic heterocycles. The molecule has 1 aliphatic carbocycles. The second kappa shape index (κ2) is 13.2. The lowest BCUT2D eigenvalue weighted by molar-refractivity contribution is 0.376. The largest absolute Gasteiger partial charge is 0.0730 e. The average Bonchev–Trinajstić information content (AvgIpc) is 2.82. The molecule has 164 valence electrons. The van der Waals surface area contributed by atoms with Crippen molar-refractivity contribution in [3.63, 3.8) is 0 Å². The second-order valence-electron chi connectivity index (χ2n) is 9.24. The minimum Gasteiger partial charge on any atom is -0.0730 e. The first-order valence-electron chi connectivity index (χ1n) is 12.6. The second-order valence-corrected chi connectivity index (χ2v) is 9.24. The van der Waals surface area contributed by atoms with Crippen LogP contribution in [0.2, 0.25) is 0 Å². The Morgan fingerprint density at radius 3 is 2.00 bits per heavy atom. The Hall–Kier alpha value is -2.26. The molecule has 0 atom stereocenters. The number of rotatable bonds is 9. The van der Waals surface area contributed by atoms with Crippen molar-refractivity contribution in [3.8, 4) is 11.8 Å². The molecule has 0 nitrogen and oxygen atoms in total. The minimum atomic E-state index is 0.690. The molecule has 0 amide bonds. The zero-order valence-electron chi connectivity index (χ0n) is 19.7. The van der Waals surface area contributed by atoms with Gasteiger partial charge in [0.25, 0.3) is 0 Å². The SMILES string of the molecule is CCCCCc1ccc(C2CCC(/C=C/C#Cc3ccc(CCCC)cc3)CC2)cc1. The number of allylic oxidation sites excluding steroid dienone is 2. The van der Waals surface area contributed by atoms with Crippen LogP contribution in [0.25, 0.3) is 0 Å². The molecule has 2 aromatic rings. The van der Waals surface area contributed by atoms with Gasteiger partial charge in [-0.1, -0.05) is 87.4 Å². The lowest BCUT2D eigenvalue weighted by Crippen LogP contribution is -2.11. The molecular formula is C31H40. The molecule has 0 aromatic heterocycles. The standard InChI is InChI=1S/C31H40/c1-3-5-7-11-28-18-22-30(23-19-28)31-24-20-29(21-25-31)13-9-8-12-27-16-14-26(15-17-27)10-6-4-2/h9,13-19,22-23,29,31H,3-7,10-11,20-21,24-25H2,1-2H3/b13-9+. The van der Waals surface area contributed by atoms with Crippen LogP contribution in [0.1, 0.15) is 99.8 Å². The molecule has 0 unspecified atom stereocenters. The van der Waals surface area contributed by atoms with Crippen LogP contribution in [0.15, 0.2) is 60.7 Å². The van der Waals surface area contributed by atoms with Gasteiger partial charge in [-0.05, 0) is 98.1 Å². The molecule has 1 saturated carbocycles. The monoisotopic (exact) mass is 412 g/mol. The molecule has 0 heterocycles. The maximum atomic E-state index is 3.29. The molecule has 3 rings (SSSR count). The maximum absolute atomic E-state index is 3.29. The van der Waals surface area contributed by atoms with Crippen LogP contribution in [-0.4, -0.2) is 0 Å². The molecule has 0 heteroatoms. The summed E-state index contributed by atoms with van der Waals surface area (Å²) in [7, 11) is 0. The van der Waals surface area contributed by atoms with Gasteiger partial charge in [-0.3, -0.25) is 0 Å². The van der Waals surface area contributed by atoms with Crippen molar-refractivity contribution < 1.29 is 0 Å². The van der Waals surface area contributed by atoms with Crippen molar-refractivity contribution in [2.45, 2.75) is 90.4 Å². The number of hydrogen-bond donors (Lipinski definition) is 0. The molecule has 1 fully saturated rings. The number of benzene rings is 2. The summed E-state index contributed by atoms with van der Waals surface area (Å²) in [6.07, 6.45) is 18.5. The Kier molecular flexibility index (Phi) is 9.98. The third-order valence-electron chi connectivity index (χ3n) is 6.73. The Bertz CT molecular complexity index is 834. The van der Waals surface area contributed by atoms with E-state index in [4.69, 9.17) is 0 Å². The van der Waals surface area contributed by atoms with Crippen molar-refractivity contribution in [1.82, 2.24) is 0 Å². The van der Waals surface area contributed by atoms with E-state index < -0.39 is 0 Å². The van der Waals surface area contributed by atoms with E-state index in [1.54, 1.807) is 5.56 Å². The summed E-state index contributed by atoms with van der Waals surface area (Å²) in [4.78, 5) is 0. The van der Waals surface area contributed by atoms with Crippen LogP contribution in [0.5, 0.6) is 0 Å². The van der Waals surface area contributed by atoms with Gasteiger partial charge in [0, 0.05) is 5.56 Å². The molecule has 31 heavy (non-hydrogen) atoms. The third kappa shape index (κ3) is 8.06. The Morgan fingerprint density at radius 1 is 0.742 bits per heavy atom. The van der Waals surface area contributed by atoms with Crippen molar-refractivity contribution >= 4 is 0 Å². The van der Waals surface area contributed by atoms with Crippen molar-refractivity contribution in [3.05, 3.63) is 82.9 Å². The number of aryl methyl sites for hydroxylation is 2. The molecule has 1 aliphatic rings. The van der Waals surface area contributed by atoms with Gasteiger partial charge in [-0.25, -0.2) is 0 Å². The first-order valence-corrected chi connectivity index (χ1v) is 12.6. The summed E-state index contributed by atoms with van der Waals surface area (Å²) in [6.45, 7) is 4.51. The summed E-state index contributed by atoms with van der Waals surface area (Å²) in [5.74, 6) is 7.97.